The predicted octanol–water partition coefficient (Wildman–Crippen LogP) is 2.44. The number of nitrogens with one attached hydrogen (secondary N) is 2. The average molecular weight is 340 g/mol. The largest absolute Gasteiger partial charge is 0.491 e. The fraction of sp³-hybridized carbons (Fsp3) is 0.588. The quantitative estimate of drug-likeness (QED) is 0.390. The Bertz CT molecular complexity index is 481. The lowest BCUT2D eigenvalue weighted by molar-refractivity contribution is 0.146. The van der Waals surface area contributed by atoms with Crippen LogP contribution in [0.2, 0.25) is 0 Å². The van der Waals surface area contributed by atoms with E-state index in [1.807, 2.05) is 11.8 Å². The fourth-order valence-electron chi connectivity index (χ4n) is 1.94. The summed E-state index contributed by atoms with van der Waals surface area (Å²) >= 11 is 1.81. The Hall–Kier alpha value is -1.40. The molecule has 0 aliphatic carbocycles. The zero-order valence-corrected chi connectivity index (χ0v) is 15.5. The van der Waals surface area contributed by atoms with E-state index in [9.17, 15) is 0 Å². The molecule has 0 bridgehead atoms. The minimum Gasteiger partial charge on any atom is -0.491 e. The summed E-state index contributed by atoms with van der Waals surface area (Å²) in [6.07, 6.45) is 2.10. The lowest BCUT2D eigenvalue weighted by Crippen LogP contribution is -2.38. The van der Waals surface area contributed by atoms with E-state index in [1.54, 1.807) is 7.11 Å². The first-order valence-corrected chi connectivity index (χ1v) is 9.33. The molecule has 130 valence electrons. The highest BCUT2D eigenvalue weighted by Crippen LogP contribution is 2.21. The monoisotopic (exact) mass is 339 g/mol. The fourth-order valence-corrected chi connectivity index (χ4v) is 2.25. The van der Waals surface area contributed by atoms with Crippen molar-refractivity contribution < 1.29 is 9.47 Å². The Morgan fingerprint density at radius 3 is 2.78 bits per heavy atom. The molecule has 1 rings (SSSR count). The summed E-state index contributed by atoms with van der Waals surface area (Å²) in [6, 6.07) is 6.21. The van der Waals surface area contributed by atoms with Gasteiger partial charge in [-0.05, 0) is 31.7 Å². The Labute approximate surface area is 144 Å². The third kappa shape index (κ3) is 8.13. The van der Waals surface area contributed by atoms with Gasteiger partial charge in [-0.25, -0.2) is 4.99 Å². The van der Waals surface area contributed by atoms with Gasteiger partial charge in [-0.2, -0.15) is 11.8 Å². The summed E-state index contributed by atoms with van der Waals surface area (Å²) in [5.74, 6) is 2.77. The summed E-state index contributed by atoms with van der Waals surface area (Å²) in [6.45, 7) is 7.57. The van der Waals surface area contributed by atoms with Crippen molar-refractivity contribution in [3.63, 3.8) is 0 Å². The minimum atomic E-state index is 0.544. The number of nitrogens with zero attached hydrogens (tertiary/aromatic N) is 1. The lowest BCUT2D eigenvalue weighted by atomic mass is 10.1. The third-order valence-corrected chi connectivity index (χ3v) is 3.73. The number of rotatable bonds is 10. The molecular formula is C17H29N3O2S. The molecule has 1 aromatic rings. The molecule has 5 nitrogen and oxygen atoms in total. The van der Waals surface area contributed by atoms with Crippen LogP contribution in [0.4, 0.5) is 0 Å². The van der Waals surface area contributed by atoms with E-state index in [4.69, 9.17) is 9.47 Å². The molecule has 23 heavy (non-hydrogen) atoms. The van der Waals surface area contributed by atoms with Gasteiger partial charge in [0.25, 0.3) is 0 Å². The van der Waals surface area contributed by atoms with Crippen LogP contribution in [0.3, 0.4) is 0 Å². The normalized spacial score (nSPS) is 11.4. The van der Waals surface area contributed by atoms with Gasteiger partial charge in [0.1, 0.15) is 12.4 Å². The second-order valence-corrected chi connectivity index (χ2v) is 6.05. The summed E-state index contributed by atoms with van der Waals surface area (Å²) in [5, 5.41) is 6.60. The van der Waals surface area contributed by atoms with Gasteiger partial charge in [0.05, 0.1) is 13.2 Å². The zero-order chi connectivity index (χ0) is 16.9. The second-order valence-electron chi connectivity index (χ2n) is 5.07. The topological polar surface area (TPSA) is 54.9 Å². The van der Waals surface area contributed by atoms with Gasteiger partial charge in [-0.15, -0.1) is 0 Å². The molecule has 0 aliphatic rings. The number of hydrogen-bond donors (Lipinski definition) is 2. The Kier molecular flexibility index (Phi) is 10.3. The van der Waals surface area contributed by atoms with Gasteiger partial charge in [-0.3, -0.25) is 0 Å². The molecule has 0 saturated carbocycles. The van der Waals surface area contributed by atoms with Crippen molar-refractivity contribution in [1.29, 1.82) is 0 Å². The maximum absolute atomic E-state index is 5.81. The summed E-state index contributed by atoms with van der Waals surface area (Å²) < 4.78 is 10.9. The maximum atomic E-state index is 5.81. The molecule has 0 unspecified atom stereocenters. The van der Waals surface area contributed by atoms with Gasteiger partial charge in [0.2, 0.25) is 0 Å². The molecule has 0 spiro atoms. The molecule has 0 amide bonds. The van der Waals surface area contributed by atoms with Crippen LogP contribution in [0.25, 0.3) is 0 Å². The molecule has 0 radical (unpaired) electrons. The van der Waals surface area contributed by atoms with Gasteiger partial charge >= 0.3 is 0 Å². The van der Waals surface area contributed by atoms with E-state index < -0.39 is 0 Å². The highest BCUT2D eigenvalue weighted by atomic mass is 32.2. The van der Waals surface area contributed by atoms with Crippen LogP contribution in [0, 0.1) is 6.92 Å². The molecule has 0 saturated heterocycles. The van der Waals surface area contributed by atoms with Crippen LogP contribution in [-0.2, 0) is 11.3 Å². The standard InChI is InChI=1S/C17H29N3O2S/c1-5-18-17(19-8-11-23-4)20-13-15-7-6-14(2)12-16(15)22-10-9-21-3/h6-7,12H,5,8-11,13H2,1-4H3,(H2,18,19,20). The van der Waals surface area contributed by atoms with Crippen LogP contribution in [-0.4, -0.2) is 51.4 Å². The van der Waals surface area contributed by atoms with Crippen molar-refractivity contribution in [3.05, 3.63) is 29.3 Å². The van der Waals surface area contributed by atoms with Gasteiger partial charge in [0, 0.05) is 31.5 Å². The minimum absolute atomic E-state index is 0.544. The van der Waals surface area contributed by atoms with Gasteiger partial charge in [0.15, 0.2) is 5.96 Å². The smallest absolute Gasteiger partial charge is 0.191 e. The van der Waals surface area contributed by atoms with E-state index in [1.165, 1.54) is 5.56 Å². The molecule has 1 aromatic carbocycles. The van der Waals surface area contributed by atoms with Crippen molar-refractivity contribution >= 4 is 17.7 Å². The number of benzene rings is 1. The van der Waals surface area contributed by atoms with Crippen LogP contribution in [0.15, 0.2) is 23.2 Å². The van der Waals surface area contributed by atoms with Crippen molar-refractivity contribution in [1.82, 2.24) is 10.6 Å². The number of aryl methyl sites for hydroxylation is 1. The lowest BCUT2D eigenvalue weighted by Gasteiger charge is -2.13. The highest BCUT2D eigenvalue weighted by Gasteiger charge is 2.05. The Morgan fingerprint density at radius 1 is 1.26 bits per heavy atom. The highest BCUT2D eigenvalue weighted by molar-refractivity contribution is 7.98. The maximum Gasteiger partial charge on any atom is 0.191 e. The van der Waals surface area contributed by atoms with E-state index in [0.717, 1.165) is 36.1 Å². The van der Waals surface area contributed by atoms with Crippen molar-refractivity contribution in [3.8, 4) is 5.75 Å². The molecular weight excluding hydrogens is 310 g/mol. The molecule has 2 N–H and O–H groups in total. The molecule has 0 heterocycles. The Balaban J connectivity index is 2.73. The predicted molar refractivity (Wildman–Crippen MR) is 99.8 cm³/mol. The number of guanidine groups is 1. The van der Waals surface area contributed by atoms with Crippen LogP contribution >= 0.6 is 11.8 Å². The number of aliphatic imine (C=N–C) groups is 1. The van der Waals surface area contributed by atoms with E-state index in [-0.39, 0.29) is 0 Å². The van der Waals surface area contributed by atoms with E-state index >= 15 is 0 Å². The first-order chi connectivity index (χ1) is 11.2. The number of methoxy groups -OCH3 is 1. The van der Waals surface area contributed by atoms with Crippen molar-refractivity contribution in [2.24, 2.45) is 4.99 Å². The van der Waals surface area contributed by atoms with Gasteiger partial charge < -0.3 is 20.1 Å². The third-order valence-electron chi connectivity index (χ3n) is 3.12. The average Bonchev–Trinajstić information content (AvgIpc) is 2.54. The van der Waals surface area contributed by atoms with Crippen molar-refractivity contribution in [2.45, 2.75) is 20.4 Å². The van der Waals surface area contributed by atoms with Crippen LogP contribution < -0.4 is 15.4 Å². The summed E-state index contributed by atoms with van der Waals surface area (Å²) in [4.78, 5) is 4.65. The number of thioether (sulfide) groups is 1. The molecule has 0 fully saturated rings. The Morgan fingerprint density at radius 2 is 2.09 bits per heavy atom. The molecule has 0 atom stereocenters. The number of hydrogen-bond acceptors (Lipinski definition) is 4. The molecule has 6 heteroatoms. The van der Waals surface area contributed by atoms with E-state index in [0.29, 0.717) is 19.8 Å². The van der Waals surface area contributed by atoms with Crippen LogP contribution in [0.1, 0.15) is 18.1 Å². The van der Waals surface area contributed by atoms with E-state index in [2.05, 4.69) is 53.9 Å². The first kappa shape index (κ1) is 19.6. The molecule has 0 aromatic heterocycles. The summed E-state index contributed by atoms with van der Waals surface area (Å²) in [5.41, 5.74) is 2.25. The summed E-state index contributed by atoms with van der Waals surface area (Å²) in [7, 11) is 1.67. The second kappa shape index (κ2) is 12.1. The number of ether oxygens (including phenoxy) is 2. The zero-order valence-electron chi connectivity index (χ0n) is 14.6. The van der Waals surface area contributed by atoms with Crippen molar-refractivity contribution in [2.75, 3.05) is 45.4 Å². The first-order valence-electron chi connectivity index (χ1n) is 7.93. The van der Waals surface area contributed by atoms with Gasteiger partial charge in [-0.1, -0.05) is 12.1 Å². The van der Waals surface area contributed by atoms with Crippen LogP contribution in [0.5, 0.6) is 5.75 Å². The molecule has 0 aliphatic heterocycles. The SMILES string of the molecule is CCNC(=NCc1ccc(C)cc1OCCOC)NCCSC.